The first-order valence-corrected chi connectivity index (χ1v) is 4.88. The maximum atomic E-state index is 11.1. The number of carbonyl (C=O) groups excluding carboxylic acids is 1. The average Bonchev–Trinajstić information content (AvgIpc) is 2.18. The average molecular weight is 207 g/mol. The molecule has 0 saturated heterocycles. The lowest BCUT2D eigenvalue weighted by molar-refractivity contribution is -0.125. The van der Waals surface area contributed by atoms with Crippen molar-refractivity contribution in [1.29, 1.82) is 0 Å². The maximum absolute atomic E-state index is 11.1. The van der Waals surface area contributed by atoms with Gasteiger partial charge in [0.15, 0.2) is 0 Å². The Hall–Kier alpha value is -1.51. The minimum Gasteiger partial charge on any atom is -0.497 e. The predicted octanol–water partition coefficient (Wildman–Crippen LogP) is 1.75. The van der Waals surface area contributed by atoms with Crippen molar-refractivity contribution in [3.63, 3.8) is 0 Å². The summed E-state index contributed by atoms with van der Waals surface area (Å²) in [4.78, 5) is 11.1. The van der Waals surface area contributed by atoms with Crippen LogP contribution in [0.25, 0.3) is 0 Å². The Morgan fingerprint density at radius 1 is 1.33 bits per heavy atom. The second-order valence-corrected chi connectivity index (χ2v) is 4.27. The summed E-state index contributed by atoms with van der Waals surface area (Å²) in [7, 11) is 1.63. The van der Waals surface area contributed by atoms with Gasteiger partial charge in [0.05, 0.1) is 7.11 Å². The Kier molecular flexibility index (Phi) is 3.35. The van der Waals surface area contributed by atoms with Crippen LogP contribution in [0.5, 0.6) is 5.75 Å². The zero-order valence-corrected chi connectivity index (χ0v) is 9.41. The molecule has 0 fully saturated rings. The van der Waals surface area contributed by atoms with Crippen molar-refractivity contribution in [3.05, 3.63) is 29.8 Å². The summed E-state index contributed by atoms with van der Waals surface area (Å²) in [5, 5.41) is 0. The molecule has 15 heavy (non-hydrogen) atoms. The largest absolute Gasteiger partial charge is 0.497 e. The van der Waals surface area contributed by atoms with Gasteiger partial charge in [0.25, 0.3) is 0 Å². The summed E-state index contributed by atoms with van der Waals surface area (Å²) in [6, 6.07) is 7.66. The fourth-order valence-corrected chi connectivity index (χ4v) is 1.34. The number of primary amides is 1. The normalized spacial score (nSPS) is 11.1. The van der Waals surface area contributed by atoms with E-state index in [4.69, 9.17) is 10.5 Å². The Morgan fingerprint density at radius 3 is 2.27 bits per heavy atom. The van der Waals surface area contributed by atoms with E-state index in [1.807, 2.05) is 38.1 Å². The van der Waals surface area contributed by atoms with E-state index < -0.39 is 5.41 Å². The molecule has 3 heteroatoms. The molecule has 1 rings (SSSR count). The number of benzene rings is 1. The van der Waals surface area contributed by atoms with Crippen LogP contribution in [0.15, 0.2) is 24.3 Å². The predicted molar refractivity (Wildman–Crippen MR) is 59.7 cm³/mol. The Bertz CT molecular complexity index is 341. The Morgan fingerprint density at radius 2 is 1.87 bits per heavy atom. The molecule has 82 valence electrons. The van der Waals surface area contributed by atoms with Crippen LogP contribution in [0.2, 0.25) is 0 Å². The van der Waals surface area contributed by atoms with Gasteiger partial charge in [-0.2, -0.15) is 0 Å². The lowest BCUT2D eigenvalue weighted by Gasteiger charge is -2.20. The van der Waals surface area contributed by atoms with Crippen LogP contribution >= 0.6 is 0 Å². The third kappa shape index (κ3) is 2.98. The van der Waals surface area contributed by atoms with E-state index in [1.165, 1.54) is 0 Å². The second-order valence-electron chi connectivity index (χ2n) is 4.27. The van der Waals surface area contributed by atoms with Gasteiger partial charge < -0.3 is 10.5 Å². The first-order chi connectivity index (χ1) is 6.95. The topological polar surface area (TPSA) is 52.3 Å². The van der Waals surface area contributed by atoms with Crippen molar-refractivity contribution in [2.45, 2.75) is 20.3 Å². The highest BCUT2D eigenvalue weighted by molar-refractivity contribution is 5.80. The van der Waals surface area contributed by atoms with E-state index in [0.29, 0.717) is 6.42 Å². The van der Waals surface area contributed by atoms with E-state index in [0.717, 1.165) is 11.3 Å². The molecule has 0 aliphatic heterocycles. The van der Waals surface area contributed by atoms with Gasteiger partial charge in [0.1, 0.15) is 5.75 Å². The van der Waals surface area contributed by atoms with Crippen molar-refractivity contribution in [2.24, 2.45) is 11.1 Å². The van der Waals surface area contributed by atoms with Crippen LogP contribution in [0, 0.1) is 5.41 Å². The Labute approximate surface area is 90.2 Å². The fraction of sp³-hybridized carbons (Fsp3) is 0.417. The van der Waals surface area contributed by atoms with E-state index in [9.17, 15) is 4.79 Å². The smallest absolute Gasteiger partial charge is 0.223 e. The summed E-state index contributed by atoms with van der Waals surface area (Å²) in [6.45, 7) is 3.69. The van der Waals surface area contributed by atoms with Gasteiger partial charge in [-0.05, 0) is 24.1 Å². The molecular formula is C12H17NO2. The molecule has 0 spiro atoms. The van der Waals surface area contributed by atoms with Gasteiger partial charge in [-0.15, -0.1) is 0 Å². The van der Waals surface area contributed by atoms with Crippen LogP contribution in [-0.2, 0) is 11.2 Å². The van der Waals surface area contributed by atoms with Crippen molar-refractivity contribution in [3.8, 4) is 5.75 Å². The number of amides is 1. The minimum absolute atomic E-state index is 0.279. The van der Waals surface area contributed by atoms with Gasteiger partial charge in [-0.1, -0.05) is 26.0 Å². The first-order valence-electron chi connectivity index (χ1n) is 4.88. The summed E-state index contributed by atoms with van der Waals surface area (Å²) in [5.41, 5.74) is 5.89. The molecule has 0 heterocycles. The highest BCUT2D eigenvalue weighted by atomic mass is 16.5. The van der Waals surface area contributed by atoms with Gasteiger partial charge in [-0.25, -0.2) is 0 Å². The number of methoxy groups -OCH3 is 1. The van der Waals surface area contributed by atoms with Crippen LogP contribution in [0.3, 0.4) is 0 Å². The molecule has 0 unspecified atom stereocenters. The minimum atomic E-state index is -0.505. The number of carbonyl (C=O) groups is 1. The molecule has 3 nitrogen and oxygen atoms in total. The molecule has 0 aliphatic rings. The molecule has 0 atom stereocenters. The Balaban J connectivity index is 2.77. The van der Waals surface area contributed by atoms with Gasteiger partial charge >= 0.3 is 0 Å². The maximum Gasteiger partial charge on any atom is 0.223 e. The van der Waals surface area contributed by atoms with Gasteiger partial charge in [0, 0.05) is 5.41 Å². The highest BCUT2D eigenvalue weighted by Crippen LogP contribution is 2.22. The van der Waals surface area contributed by atoms with Gasteiger partial charge in [-0.3, -0.25) is 4.79 Å². The number of ether oxygens (including phenoxy) is 1. The van der Waals surface area contributed by atoms with Crippen molar-refractivity contribution >= 4 is 5.91 Å². The molecule has 1 aromatic carbocycles. The fourth-order valence-electron chi connectivity index (χ4n) is 1.34. The lowest BCUT2D eigenvalue weighted by atomic mass is 9.85. The zero-order valence-electron chi connectivity index (χ0n) is 9.41. The quantitative estimate of drug-likeness (QED) is 0.817. The molecular weight excluding hydrogens is 190 g/mol. The molecule has 0 aliphatic carbocycles. The summed E-state index contributed by atoms with van der Waals surface area (Å²) < 4.78 is 5.06. The SMILES string of the molecule is COc1ccc(CC(C)(C)C(N)=O)cc1. The van der Waals surface area contributed by atoms with Crippen molar-refractivity contribution < 1.29 is 9.53 Å². The summed E-state index contributed by atoms with van der Waals surface area (Å²) >= 11 is 0. The standard InChI is InChI=1S/C12H17NO2/c1-12(2,11(13)14)8-9-4-6-10(15-3)7-5-9/h4-7H,8H2,1-3H3,(H2,13,14). The van der Waals surface area contributed by atoms with E-state index in [1.54, 1.807) is 7.11 Å². The number of hydrogen-bond donors (Lipinski definition) is 1. The van der Waals surface area contributed by atoms with Crippen LogP contribution in [-0.4, -0.2) is 13.0 Å². The van der Waals surface area contributed by atoms with E-state index >= 15 is 0 Å². The monoisotopic (exact) mass is 207 g/mol. The van der Waals surface area contributed by atoms with Crippen LogP contribution in [0.4, 0.5) is 0 Å². The molecule has 0 radical (unpaired) electrons. The lowest BCUT2D eigenvalue weighted by Crippen LogP contribution is -2.33. The van der Waals surface area contributed by atoms with E-state index in [2.05, 4.69) is 0 Å². The highest BCUT2D eigenvalue weighted by Gasteiger charge is 2.24. The third-order valence-corrected chi connectivity index (χ3v) is 2.47. The number of nitrogens with two attached hydrogens (primary N) is 1. The molecule has 2 N–H and O–H groups in total. The van der Waals surface area contributed by atoms with E-state index in [-0.39, 0.29) is 5.91 Å². The van der Waals surface area contributed by atoms with Crippen molar-refractivity contribution in [2.75, 3.05) is 7.11 Å². The van der Waals surface area contributed by atoms with Crippen molar-refractivity contribution in [1.82, 2.24) is 0 Å². The van der Waals surface area contributed by atoms with Crippen LogP contribution in [0.1, 0.15) is 19.4 Å². The third-order valence-electron chi connectivity index (χ3n) is 2.47. The molecule has 1 amide bonds. The summed E-state index contributed by atoms with van der Waals surface area (Å²) in [6.07, 6.45) is 0.645. The number of hydrogen-bond acceptors (Lipinski definition) is 2. The molecule has 0 bridgehead atoms. The summed E-state index contributed by atoms with van der Waals surface area (Å²) in [5.74, 6) is 0.536. The second kappa shape index (κ2) is 4.34. The molecule has 0 saturated carbocycles. The molecule has 1 aromatic rings. The number of rotatable bonds is 4. The van der Waals surface area contributed by atoms with Crippen LogP contribution < -0.4 is 10.5 Å². The molecule has 0 aromatic heterocycles. The first kappa shape index (κ1) is 11.6. The zero-order chi connectivity index (χ0) is 11.5. The van der Waals surface area contributed by atoms with Gasteiger partial charge in [0.2, 0.25) is 5.91 Å².